The fourth-order valence-electron chi connectivity index (χ4n) is 2.70. The van der Waals surface area contributed by atoms with Crippen molar-refractivity contribution in [3.63, 3.8) is 0 Å². The molecule has 0 aromatic carbocycles. The van der Waals surface area contributed by atoms with E-state index in [1.807, 2.05) is 6.92 Å². The van der Waals surface area contributed by atoms with Crippen LogP contribution < -0.4 is 0 Å². The number of ether oxygens (including phenoxy) is 1. The van der Waals surface area contributed by atoms with Crippen LogP contribution in [-0.2, 0) is 4.74 Å². The first-order chi connectivity index (χ1) is 5.44. The number of hydrogen-bond donors (Lipinski definition) is 1. The molecule has 12 heavy (non-hydrogen) atoms. The molecule has 0 radical (unpaired) electrons. The Balaban J connectivity index is 2.26. The van der Waals surface area contributed by atoms with Crippen LogP contribution in [0, 0.1) is 5.92 Å². The first-order valence-electron chi connectivity index (χ1n) is 4.82. The molecule has 0 amide bonds. The molecule has 0 aromatic rings. The maximum absolute atomic E-state index is 9.77. The minimum absolute atomic E-state index is 0.0216. The predicted molar refractivity (Wildman–Crippen MR) is 46.9 cm³/mol. The number of rotatable bonds is 0. The zero-order valence-electron chi connectivity index (χ0n) is 8.13. The van der Waals surface area contributed by atoms with Crippen molar-refractivity contribution in [3.05, 3.63) is 0 Å². The smallest absolute Gasteiger partial charge is 0.0919 e. The lowest BCUT2D eigenvalue weighted by Gasteiger charge is -2.56. The summed E-state index contributed by atoms with van der Waals surface area (Å²) in [6.45, 7) is 6.32. The van der Waals surface area contributed by atoms with E-state index >= 15 is 0 Å². The summed E-state index contributed by atoms with van der Waals surface area (Å²) < 4.78 is 5.92. The predicted octanol–water partition coefficient (Wildman–Crippen LogP) is 1.71. The van der Waals surface area contributed by atoms with Crippen molar-refractivity contribution in [2.45, 2.75) is 57.3 Å². The van der Waals surface area contributed by atoms with E-state index < -0.39 is 0 Å². The van der Waals surface area contributed by atoms with Crippen molar-refractivity contribution in [2.24, 2.45) is 5.92 Å². The summed E-state index contributed by atoms with van der Waals surface area (Å²) in [6.07, 6.45) is 2.90. The van der Waals surface area contributed by atoms with E-state index in [-0.39, 0.29) is 17.3 Å². The van der Waals surface area contributed by atoms with Crippen LogP contribution >= 0.6 is 0 Å². The zero-order valence-corrected chi connectivity index (χ0v) is 8.13. The van der Waals surface area contributed by atoms with E-state index in [2.05, 4.69) is 13.8 Å². The molecule has 3 fully saturated rings. The van der Waals surface area contributed by atoms with Crippen LogP contribution in [0.25, 0.3) is 0 Å². The van der Waals surface area contributed by atoms with Gasteiger partial charge in [0.05, 0.1) is 17.3 Å². The average molecular weight is 170 g/mol. The van der Waals surface area contributed by atoms with Crippen molar-refractivity contribution in [3.8, 4) is 0 Å². The Hall–Kier alpha value is -0.0800. The van der Waals surface area contributed by atoms with Gasteiger partial charge in [0.15, 0.2) is 0 Å². The van der Waals surface area contributed by atoms with Crippen LogP contribution in [-0.4, -0.2) is 22.4 Å². The quantitative estimate of drug-likeness (QED) is 0.599. The van der Waals surface area contributed by atoms with Gasteiger partial charge in [-0.3, -0.25) is 0 Å². The lowest BCUT2D eigenvalue weighted by atomic mass is 9.67. The van der Waals surface area contributed by atoms with Gasteiger partial charge in [-0.05, 0) is 46.0 Å². The molecule has 3 atom stereocenters. The Morgan fingerprint density at radius 2 is 2.00 bits per heavy atom. The van der Waals surface area contributed by atoms with Crippen molar-refractivity contribution in [1.82, 2.24) is 0 Å². The maximum Gasteiger partial charge on any atom is 0.0919 e. The van der Waals surface area contributed by atoms with Crippen molar-refractivity contribution < 1.29 is 9.84 Å². The summed E-state index contributed by atoms with van der Waals surface area (Å²) in [5.74, 6) is 0.550. The van der Waals surface area contributed by atoms with Crippen molar-refractivity contribution >= 4 is 0 Å². The first kappa shape index (κ1) is 8.52. The van der Waals surface area contributed by atoms with E-state index in [1.54, 1.807) is 0 Å². The second kappa shape index (κ2) is 2.24. The van der Waals surface area contributed by atoms with Crippen LogP contribution in [0.4, 0.5) is 0 Å². The van der Waals surface area contributed by atoms with Gasteiger partial charge in [0.1, 0.15) is 0 Å². The fraction of sp³-hybridized carbons (Fsp3) is 1.00. The molecule has 1 saturated carbocycles. The highest BCUT2D eigenvalue weighted by atomic mass is 16.5. The Bertz CT molecular complexity index is 200. The van der Waals surface area contributed by atoms with Crippen LogP contribution in [0.15, 0.2) is 0 Å². The van der Waals surface area contributed by atoms with E-state index in [1.165, 1.54) is 6.42 Å². The van der Waals surface area contributed by atoms with E-state index in [4.69, 9.17) is 4.74 Å². The lowest BCUT2D eigenvalue weighted by Crippen LogP contribution is -2.61. The van der Waals surface area contributed by atoms with Crippen LogP contribution in [0.2, 0.25) is 0 Å². The first-order valence-corrected chi connectivity index (χ1v) is 4.82. The highest BCUT2D eigenvalue weighted by Gasteiger charge is 2.53. The maximum atomic E-state index is 9.77. The second-order valence-electron chi connectivity index (χ2n) is 5.01. The molecular weight excluding hydrogens is 152 g/mol. The molecule has 3 aliphatic rings. The summed E-state index contributed by atoms with van der Waals surface area (Å²) in [4.78, 5) is 0. The Kier molecular flexibility index (Phi) is 1.59. The lowest BCUT2D eigenvalue weighted by molar-refractivity contribution is -0.273. The standard InChI is InChI=1S/C10H18O2/c1-9(2)7-4-5-10(3,12-9)8(11)6-7/h7-8,11H,4-6H2,1-3H3/t7-,8+,10+/m0/s1. The highest BCUT2D eigenvalue weighted by molar-refractivity contribution is 5.02. The molecule has 3 rings (SSSR count). The molecule has 70 valence electrons. The molecule has 2 bridgehead atoms. The molecule has 2 saturated heterocycles. The Labute approximate surface area is 73.9 Å². The number of aliphatic hydroxyl groups excluding tert-OH is 1. The van der Waals surface area contributed by atoms with Gasteiger partial charge >= 0.3 is 0 Å². The molecule has 1 N–H and O–H groups in total. The average Bonchev–Trinajstić information content (AvgIpc) is 1.91. The summed E-state index contributed by atoms with van der Waals surface area (Å²) in [6, 6.07) is 0. The van der Waals surface area contributed by atoms with E-state index in [0.29, 0.717) is 5.92 Å². The number of aliphatic hydroxyl groups is 1. The molecule has 0 unspecified atom stereocenters. The van der Waals surface area contributed by atoms with Gasteiger partial charge in [0.25, 0.3) is 0 Å². The monoisotopic (exact) mass is 170 g/mol. The van der Waals surface area contributed by atoms with Crippen molar-refractivity contribution in [2.75, 3.05) is 0 Å². The minimum Gasteiger partial charge on any atom is -0.390 e. The molecule has 0 spiro atoms. The molecule has 1 aliphatic carbocycles. The van der Waals surface area contributed by atoms with Gasteiger partial charge in [-0.25, -0.2) is 0 Å². The van der Waals surface area contributed by atoms with E-state index in [9.17, 15) is 5.11 Å². The zero-order chi connectivity index (χ0) is 8.98. The van der Waals surface area contributed by atoms with Gasteiger partial charge in [0.2, 0.25) is 0 Å². The van der Waals surface area contributed by atoms with Crippen LogP contribution in [0.3, 0.4) is 0 Å². The van der Waals surface area contributed by atoms with Gasteiger partial charge in [-0.2, -0.15) is 0 Å². The normalized spacial score (nSPS) is 51.0. The molecule has 0 aromatic heterocycles. The summed E-state index contributed by atoms with van der Waals surface area (Å²) >= 11 is 0. The van der Waals surface area contributed by atoms with Crippen molar-refractivity contribution in [1.29, 1.82) is 0 Å². The van der Waals surface area contributed by atoms with Gasteiger partial charge in [-0.15, -0.1) is 0 Å². The molecule has 2 aliphatic heterocycles. The minimum atomic E-state index is -0.266. The van der Waals surface area contributed by atoms with Gasteiger partial charge < -0.3 is 9.84 Å². The third-order valence-corrected chi connectivity index (χ3v) is 3.68. The van der Waals surface area contributed by atoms with Gasteiger partial charge in [0, 0.05) is 0 Å². The number of hydrogen-bond acceptors (Lipinski definition) is 2. The van der Waals surface area contributed by atoms with Crippen LogP contribution in [0.5, 0.6) is 0 Å². The summed E-state index contributed by atoms with van der Waals surface area (Å²) in [5, 5.41) is 9.77. The molecular formula is C10H18O2. The Morgan fingerprint density at radius 3 is 2.33 bits per heavy atom. The summed E-state index contributed by atoms with van der Waals surface area (Å²) in [7, 11) is 0. The highest BCUT2D eigenvalue weighted by Crippen LogP contribution is 2.49. The van der Waals surface area contributed by atoms with Gasteiger partial charge in [-0.1, -0.05) is 0 Å². The Morgan fingerprint density at radius 1 is 1.33 bits per heavy atom. The third-order valence-electron chi connectivity index (χ3n) is 3.68. The largest absolute Gasteiger partial charge is 0.390 e. The SMILES string of the molecule is CC1(C)O[C@]2(C)CC[C@H]1C[C@H]2O. The number of fused-ring (bicyclic) bond motifs is 3. The molecule has 2 heteroatoms. The topological polar surface area (TPSA) is 29.5 Å². The molecule has 2 nitrogen and oxygen atoms in total. The third kappa shape index (κ3) is 1.01. The summed E-state index contributed by atoms with van der Waals surface area (Å²) in [5.41, 5.74) is -0.287. The fourth-order valence-corrected chi connectivity index (χ4v) is 2.70. The second-order valence-corrected chi connectivity index (χ2v) is 5.01. The molecule has 2 heterocycles. The van der Waals surface area contributed by atoms with E-state index in [0.717, 1.165) is 12.8 Å². The van der Waals surface area contributed by atoms with Crippen LogP contribution in [0.1, 0.15) is 40.0 Å².